The summed E-state index contributed by atoms with van der Waals surface area (Å²) in [6.07, 6.45) is 2.65. The summed E-state index contributed by atoms with van der Waals surface area (Å²) in [7, 11) is 0. The fourth-order valence-electron chi connectivity index (χ4n) is 4.42. The summed E-state index contributed by atoms with van der Waals surface area (Å²) in [6, 6.07) is 16.0. The molecule has 31 heavy (non-hydrogen) atoms. The van der Waals surface area contributed by atoms with E-state index in [9.17, 15) is 19.8 Å². The Morgan fingerprint density at radius 1 is 1.13 bits per heavy atom. The first-order chi connectivity index (χ1) is 14.8. The molecule has 0 amide bonds. The number of nitrogens with zero attached hydrogens (tertiary/aromatic N) is 1. The molecular weight excluding hydrogens is 410 g/mol. The van der Waals surface area contributed by atoms with E-state index in [0.717, 1.165) is 40.3 Å². The first-order valence-electron chi connectivity index (χ1n) is 10.4. The van der Waals surface area contributed by atoms with Gasteiger partial charge in [-0.1, -0.05) is 42.5 Å². The molecule has 5 nitrogen and oxygen atoms in total. The summed E-state index contributed by atoms with van der Waals surface area (Å²) >= 11 is 1.23. The molecule has 2 heterocycles. The van der Waals surface area contributed by atoms with E-state index in [1.165, 1.54) is 15.7 Å². The van der Waals surface area contributed by atoms with Crippen LogP contribution in [0.4, 0.5) is 0 Å². The third kappa shape index (κ3) is 3.36. The first kappa shape index (κ1) is 20.0. The topological polar surface area (TPSA) is 79.0 Å². The van der Waals surface area contributed by atoms with E-state index >= 15 is 0 Å². The monoisotopic (exact) mass is 433 g/mol. The second-order valence-electron chi connectivity index (χ2n) is 8.80. The zero-order chi connectivity index (χ0) is 21.9. The van der Waals surface area contributed by atoms with Gasteiger partial charge in [0.2, 0.25) is 0 Å². The lowest BCUT2D eigenvalue weighted by Crippen LogP contribution is -2.23. The number of carbonyl (C=O) groups is 1. The highest BCUT2D eigenvalue weighted by molar-refractivity contribution is 7.18. The molecular formula is C25H23NO4S. The molecule has 0 unspecified atom stereocenters. The number of thiazole rings is 1. The van der Waals surface area contributed by atoms with Crippen LogP contribution in [-0.2, 0) is 12.0 Å². The van der Waals surface area contributed by atoms with Gasteiger partial charge in [0.05, 0.1) is 10.5 Å². The van der Waals surface area contributed by atoms with E-state index in [4.69, 9.17) is 0 Å². The Kier molecular flexibility index (Phi) is 4.53. The number of aromatic nitrogens is 1. The molecule has 1 aliphatic carbocycles. The van der Waals surface area contributed by atoms with E-state index in [1.807, 2.05) is 18.2 Å². The summed E-state index contributed by atoms with van der Waals surface area (Å²) in [5, 5.41) is 22.8. The maximum atomic E-state index is 13.1. The molecule has 5 rings (SSSR count). The zero-order valence-electron chi connectivity index (χ0n) is 17.4. The number of carboxylic acid groups (broad SMARTS) is 1. The Morgan fingerprint density at radius 2 is 1.84 bits per heavy atom. The molecule has 0 radical (unpaired) electrons. The molecule has 0 atom stereocenters. The molecule has 2 aromatic carbocycles. The van der Waals surface area contributed by atoms with Crippen LogP contribution < -0.4 is 5.56 Å². The summed E-state index contributed by atoms with van der Waals surface area (Å²) in [6.45, 7) is 3.12. The van der Waals surface area contributed by atoms with Gasteiger partial charge >= 0.3 is 5.97 Å². The number of benzene rings is 2. The third-order valence-corrected chi connectivity index (χ3v) is 7.43. The average Bonchev–Trinajstić information content (AvgIpc) is 3.45. The molecule has 2 N–H and O–H groups in total. The Hall–Kier alpha value is -2.96. The predicted molar refractivity (Wildman–Crippen MR) is 122 cm³/mol. The SMILES string of the molecule is CC(C)(O)c1sc2c(C3CC3)c(Cc3cccc4ccccc34)cc(=O)n2c1C(=O)O. The minimum atomic E-state index is -1.35. The lowest BCUT2D eigenvalue weighted by molar-refractivity contribution is 0.0633. The largest absolute Gasteiger partial charge is 0.477 e. The highest BCUT2D eigenvalue weighted by Gasteiger charge is 2.35. The van der Waals surface area contributed by atoms with Crippen molar-refractivity contribution in [2.24, 2.45) is 0 Å². The Labute approximate surface area is 183 Å². The summed E-state index contributed by atoms with van der Waals surface area (Å²) < 4.78 is 1.29. The Bertz CT molecular complexity index is 1400. The molecule has 1 fully saturated rings. The normalized spacial score (nSPS) is 14.4. The van der Waals surface area contributed by atoms with Gasteiger partial charge in [0, 0.05) is 6.07 Å². The van der Waals surface area contributed by atoms with Gasteiger partial charge in [-0.25, -0.2) is 4.79 Å². The van der Waals surface area contributed by atoms with Gasteiger partial charge in [-0.05, 0) is 66.5 Å². The maximum absolute atomic E-state index is 13.1. The van der Waals surface area contributed by atoms with E-state index in [2.05, 4.69) is 24.3 Å². The smallest absolute Gasteiger partial charge is 0.354 e. The third-order valence-electron chi connectivity index (χ3n) is 5.94. The van der Waals surface area contributed by atoms with Crippen molar-refractivity contribution in [2.45, 2.75) is 44.6 Å². The average molecular weight is 434 g/mol. The van der Waals surface area contributed by atoms with Crippen molar-refractivity contribution in [3.63, 3.8) is 0 Å². The Balaban J connectivity index is 1.78. The van der Waals surface area contributed by atoms with Crippen LogP contribution in [0.1, 0.15) is 64.7 Å². The predicted octanol–water partition coefficient (Wildman–Crippen LogP) is 4.91. The van der Waals surface area contributed by atoms with Gasteiger partial charge in [-0.15, -0.1) is 11.3 Å². The van der Waals surface area contributed by atoms with Gasteiger partial charge in [0.25, 0.3) is 5.56 Å². The second-order valence-corrected chi connectivity index (χ2v) is 9.79. The number of pyridine rings is 1. The number of aromatic carboxylic acids is 1. The number of hydrogen-bond acceptors (Lipinski definition) is 4. The lowest BCUT2D eigenvalue weighted by atomic mass is 9.95. The van der Waals surface area contributed by atoms with Crippen molar-refractivity contribution < 1.29 is 15.0 Å². The van der Waals surface area contributed by atoms with Gasteiger partial charge in [0.1, 0.15) is 4.83 Å². The van der Waals surface area contributed by atoms with E-state index in [-0.39, 0.29) is 11.3 Å². The number of aliphatic hydroxyl groups is 1. The van der Waals surface area contributed by atoms with Crippen LogP contribution in [0.25, 0.3) is 15.6 Å². The first-order valence-corrected chi connectivity index (χ1v) is 11.2. The molecule has 0 bridgehead atoms. The van der Waals surface area contributed by atoms with Crippen molar-refractivity contribution in [1.82, 2.24) is 4.40 Å². The highest BCUT2D eigenvalue weighted by atomic mass is 32.1. The fraction of sp³-hybridized carbons (Fsp3) is 0.280. The van der Waals surface area contributed by atoms with Crippen LogP contribution in [0.3, 0.4) is 0 Å². The van der Waals surface area contributed by atoms with E-state index < -0.39 is 11.6 Å². The van der Waals surface area contributed by atoms with Crippen LogP contribution in [0.15, 0.2) is 53.3 Å². The summed E-state index contributed by atoms with van der Waals surface area (Å²) in [5.41, 5.74) is 1.30. The minimum Gasteiger partial charge on any atom is -0.477 e. The van der Waals surface area contributed by atoms with Crippen molar-refractivity contribution in [3.8, 4) is 0 Å². The van der Waals surface area contributed by atoms with Gasteiger partial charge in [-0.3, -0.25) is 9.20 Å². The van der Waals surface area contributed by atoms with Gasteiger partial charge in [-0.2, -0.15) is 0 Å². The molecule has 0 aliphatic heterocycles. The standard InChI is InChI=1S/C25H23NO4S/c1-25(2,30)22-21(24(28)29)26-19(27)13-17(20(15-10-11-15)23(26)31-22)12-16-8-5-7-14-6-3-4-9-18(14)16/h3-9,13,15,30H,10-12H2,1-2H3,(H,28,29). The molecule has 2 aromatic heterocycles. The van der Waals surface area contributed by atoms with Crippen molar-refractivity contribution in [3.05, 3.63) is 86.1 Å². The molecule has 4 aromatic rings. The Morgan fingerprint density at radius 3 is 2.52 bits per heavy atom. The molecule has 1 aliphatic rings. The van der Waals surface area contributed by atoms with Gasteiger partial charge < -0.3 is 10.2 Å². The van der Waals surface area contributed by atoms with Crippen LogP contribution >= 0.6 is 11.3 Å². The molecule has 6 heteroatoms. The van der Waals surface area contributed by atoms with Crippen LogP contribution in [0.5, 0.6) is 0 Å². The number of fused-ring (bicyclic) bond motifs is 2. The van der Waals surface area contributed by atoms with Gasteiger partial charge in [0.15, 0.2) is 5.69 Å². The minimum absolute atomic E-state index is 0.129. The summed E-state index contributed by atoms with van der Waals surface area (Å²) in [5.74, 6) is -0.885. The van der Waals surface area contributed by atoms with Crippen LogP contribution in [0, 0.1) is 0 Å². The summed E-state index contributed by atoms with van der Waals surface area (Å²) in [4.78, 5) is 26.1. The number of hydrogen-bond donors (Lipinski definition) is 2. The van der Waals surface area contributed by atoms with Crippen molar-refractivity contribution in [1.29, 1.82) is 0 Å². The van der Waals surface area contributed by atoms with Crippen LogP contribution in [0.2, 0.25) is 0 Å². The fourth-order valence-corrected chi connectivity index (χ4v) is 5.82. The molecule has 158 valence electrons. The lowest BCUT2D eigenvalue weighted by Gasteiger charge is -2.15. The quantitative estimate of drug-likeness (QED) is 0.469. The van der Waals surface area contributed by atoms with Crippen molar-refractivity contribution in [2.75, 3.05) is 0 Å². The number of carboxylic acids is 1. The number of rotatable bonds is 5. The van der Waals surface area contributed by atoms with E-state index in [0.29, 0.717) is 22.0 Å². The van der Waals surface area contributed by atoms with Crippen molar-refractivity contribution >= 4 is 32.9 Å². The van der Waals surface area contributed by atoms with Crippen LogP contribution in [-0.4, -0.2) is 20.6 Å². The zero-order valence-corrected chi connectivity index (χ0v) is 18.2. The second kappa shape index (κ2) is 7.04. The molecule has 0 spiro atoms. The van der Waals surface area contributed by atoms with E-state index in [1.54, 1.807) is 19.9 Å². The molecule has 0 saturated heterocycles. The molecule has 1 saturated carbocycles. The maximum Gasteiger partial charge on any atom is 0.354 e. The highest BCUT2D eigenvalue weighted by Crippen LogP contribution is 2.46.